The highest BCUT2D eigenvalue weighted by Crippen LogP contribution is 2.33. The Bertz CT molecular complexity index is 956. The van der Waals surface area contributed by atoms with Gasteiger partial charge in [-0.15, -0.1) is 11.3 Å². The fourth-order valence-electron chi connectivity index (χ4n) is 2.03. The molecule has 2 N–H and O–H groups in total. The Hall–Kier alpha value is -2.36. The Morgan fingerprint density at radius 3 is 2.30 bits per heavy atom. The molecule has 0 aliphatic heterocycles. The van der Waals surface area contributed by atoms with E-state index in [0.29, 0.717) is 20.9 Å². The fourth-order valence-corrected chi connectivity index (χ4v) is 3.13. The molecule has 1 aromatic carbocycles. The van der Waals surface area contributed by atoms with Crippen LogP contribution in [0.4, 0.5) is 29.8 Å². The van der Waals surface area contributed by atoms with Crippen LogP contribution in [0.5, 0.6) is 0 Å². The molecule has 0 unspecified atom stereocenters. The maximum Gasteiger partial charge on any atom is 0.416 e. The van der Waals surface area contributed by atoms with Crippen molar-refractivity contribution in [2.45, 2.75) is 6.18 Å². The van der Waals surface area contributed by atoms with Crippen molar-refractivity contribution in [3.8, 4) is 0 Å². The van der Waals surface area contributed by atoms with Gasteiger partial charge in [0.1, 0.15) is 5.82 Å². The molecule has 0 spiro atoms. The summed E-state index contributed by atoms with van der Waals surface area (Å²) in [5.74, 6) is -0.353. The van der Waals surface area contributed by atoms with E-state index in [-0.39, 0.29) is 11.4 Å². The lowest BCUT2D eigenvalue weighted by Gasteiger charge is -2.07. The van der Waals surface area contributed by atoms with E-state index < -0.39 is 17.6 Å². The highest BCUT2D eigenvalue weighted by molar-refractivity contribution is 7.14. The molecule has 2 aromatic heterocycles. The first-order valence-corrected chi connectivity index (χ1v) is 8.88. The van der Waals surface area contributed by atoms with Gasteiger partial charge in [0.25, 0.3) is 5.91 Å². The summed E-state index contributed by atoms with van der Waals surface area (Å²) in [6.45, 7) is 0. The normalized spacial score (nSPS) is 11.3. The molecule has 3 aromatic rings. The number of pyridine rings is 1. The molecule has 11 heteroatoms. The molecule has 0 aliphatic rings. The number of hydrogen-bond donors (Lipinski definition) is 2. The highest BCUT2D eigenvalue weighted by atomic mass is 35.5. The molecule has 0 atom stereocenters. The number of alkyl halides is 3. The van der Waals surface area contributed by atoms with Crippen LogP contribution in [-0.2, 0) is 6.18 Å². The van der Waals surface area contributed by atoms with Crippen LogP contribution < -0.4 is 10.6 Å². The quantitative estimate of drug-likeness (QED) is 0.541. The molecule has 5 nitrogen and oxygen atoms in total. The lowest BCUT2D eigenvalue weighted by atomic mass is 10.1. The van der Waals surface area contributed by atoms with Gasteiger partial charge in [0.2, 0.25) is 0 Å². The standard InChI is InChI=1S/C16H9Cl2F3N4OS/c17-10-5-22-6-11(18)13(10)25-15-24-12(7-27-15)23-14(26)8-1-3-9(4-2-8)16(19,20)21/h1-7H,(H,23,26)(H,22,24,25). The summed E-state index contributed by atoms with van der Waals surface area (Å²) >= 11 is 13.2. The third-order valence-corrected chi connectivity index (χ3v) is 4.64. The minimum atomic E-state index is -4.46. The van der Waals surface area contributed by atoms with Gasteiger partial charge < -0.3 is 10.6 Å². The predicted octanol–water partition coefficient (Wildman–Crippen LogP) is 5.86. The van der Waals surface area contributed by atoms with Gasteiger partial charge in [-0.1, -0.05) is 23.2 Å². The molecule has 3 rings (SSSR count). The predicted molar refractivity (Wildman–Crippen MR) is 99.1 cm³/mol. The summed E-state index contributed by atoms with van der Waals surface area (Å²) in [7, 11) is 0. The van der Waals surface area contributed by atoms with E-state index in [1.165, 1.54) is 23.7 Å². The maximum absolute atomic E-state index is 12.6. The number of halogens is 5. The summed E-state index contributed by atoms with van der Waals surface area (Å²) in [5.41, 5.74) is -0.334. The average molecular weight is 433 g/mol. The van der Waals surface area contributed by atoms with Crippen LogP contribution in [0.2, 0.25) is 10.0 Å². The molecule has 0 bridgehead atoms. The molecule has 0 fully saturated rings. The first-order chi connectivity index (χ1) is 12.7. The highest BCUT2D eigenvalue weighted by Gasteiger charge is 2.30. The number of benzene rings is 1. The smallest absolute Gasteiger partial charge is 0.329 e. The van der Waals surface area contributed by atoms with Crippen LogP contribution in [0, 0.1) is 0 Å². The molecule has 27 heavy (non-hydrogen) atoms. The van der Waals surface area contributed by atoms with E-state index in [1.54, 1.807) is 5.38 Å². The lowest BCUT2D eigenvalue weighted by Crippen LogP contribution is -2.13. The number of anilines is 3. The molecule has 0 saturated carbocycles. The zero-order valence-electron chi connectivity index (χ0n) is 13.1. The second-order valence-corrected chi connectivity index (χ2v) is 6.84. The van der Waals surface area contributed by atoms with Crippen molar-refractivity contribution in [2.24, 2.45) is 0 Å². The van der Waals surface area contributed by atoms with Gasteiger partial charge in [0.05, 0.1) is 21.3 Å². The molecular formula is C16H9Cl2F3N4OS. The summed E-state index contributed by atoms with van der Waals surface area (Å²) in [6.07, 6.45) is -1.63. The zero-order chi connectivity index (χ0) is 19.6. The molecule has 2 heterocycles. The van der Waals surface area contributed by atoms with E-state index >= 15 is 0 Å². The van der Waals surface area contributed by atoms with Gasteiger partial charge >= 0.3 is 6.18 Å². The number of hydrogen-bond acceptors (Lipinski definition) is 5. The van der Waals surface area contributed by atoms with E-state index in [9.17, 15) is 18.0 Å². The Morgan fingerprint density at radius 2 is 1.70 bits per heavy atom. The first kappa shape index (κ1) is 19.4. The van der Waals surface area contributed by atoms with Gasteiger partial charge in [-0.25, -0.2) is 4.98 Å². The fraction of sp³-hybridized carbons (Fsp3) is 0.0625. The van der Waals surface area contributed by atoms with Gasteiger partial charge in [-0.05, 0) is 24.3 Å². The molecular weight excluding hydrogens is 424 g/mol. The van der Waals surface area contributed by atoms with Crippen molar-refractivity contribution in [2.75, 3.05) is 10.6 Å². The number of rotatable bonds is 4. The Balaban J connectivity index is 1.69. The summed E-state index contributed by atoms with van der Waals surface area (Å²) in [6, 6.07) is 3.88. The van der Waals surface area contributed by atoms with Crippen molar-refractivity contribution in [1.82, 2.24) is 9.97 Å². The van der Waals surface area contributed by atoms with Gasteiger partial charge in [-0.3, -0.25) is 9.78 Å². The summed E-state index contributed by atoms with van der Waals surface area (Å²) in [4.78, 5) is 20.2. The Morgan fingerprint density at radius 1 is 1.07 bits per heavy atom. The van der Waals surface area contributed by atoms with E-state index in [2.05, 4.69) is 20.6 Å². The van der Waals surface area contributed by atoms with Crippen molar-refractivity contribution in [1.29, 1.82) is 0 Å². The molecule has 1 amide bonds. The molecule has 140 valence electrons. The third-order valence-electron chi connectivity index (χ3n) is 3.31. The van der Waals surface area contributed by atoms with Crippen LogP contribution >= 0.6 is 34.5 Å². The third kappa shape index (κ3) is 4.68. The SMILES string of the molecule is O=C(Nc1csc(Nc2c(Cl)cncc2Cl)n1)c1ccc(C(F)(F)F)cc1. The number of thiazole rings is 1. The van der Waals surface area contributed by atoms with Crippen molar-refractivity contribution in [3.63, 3.8) is 0 Å². The Labute approximate surface area is 165 Å². The van der Waals surface area contributed by atoms with Crippen molar-refractivity contribution >= 4 is 57.1 Å². The van der Waals surface area contributed by atoms with Crippen LogP contribution in [0.25, 0.3) is 0 Å². The summed E-state index contributed by atoms with van der Waals surface area (Å²) in [5, 5.41) is 8.01. The molecule has 0 aliphatic carbocycles. The number of carbonyl (C=O) groups is 1. The van der Waals surface area contributed by atoms with Crippen LogP contribution in [0.1, 0.15) is 15.9 Å². The largest absolute Gasteiger partial charge is 0.416 e. The topological polar surface area (TPSA) is 66.9 Å². The van der Waals surface area contributed by atoms with Crippen molar-refractivity contribution in [3.05, 3.63) is 63.2 Å². The van der Waals surface area contributed by atoms with Gasteiger partial charge in [0.15, 0.2) is 5.13 Å². The van der Waals surface area contributed by atoms with E-state index in [1.807, 2.05) is 0 Å². The van der Waals surface area contributed by atoms with Crippen molar-refractivity contribution < 1.29 is 18.0 Å². The molecule has 0 radical (unpaired) electrons. The maximum atomic E-state index is 12.6. The number of nitrogens with one attached hydrogen (secondary N) is 2. The first-order valence-electron chi connectivity index (χ1n) is 7.24. The van der Waals surface area contributed by atoms with Crippen LogP contribution in [0.15, 0.2) is 42.0 Å². The second kappa shape index (κ2) is 7.71. The van der Waals surface area contributed by atoms with Crippen LogP contribution in [0.3, 0.4) is 0 Å². The van der Waals surface area contributed by atoms with Gasteiger partial charge in [-0.2, -0.15) is 13.2 Å². The van der Waals surface area contributed by atoms with E-state index in [0.717, 1.165) is 24.3 Å². The minimum absolute atomic E-state index is 0.0748. The zero-order valence-corrected chi connectivity index (χ0v) is 15.5. The number of carbonyl (C=O) groups excluding carboxylic acids is 1. The average Bonchev–Trinajstić information content (AvgIpc) is 3.05. The Kier molecular flexibility index (Phi) is 5.54. The number of nitrogens with zero attached hydrogens (tertiary/aromatic N) is 2. The molecule has 0 saturated heterocycles. The minimum Gasteiger partial charge on any atom is -0.329 e. The van der Waals surface area contributed by atoms with Crippen LogP contribution in [-0.4, -0.2) is 15.9 Å². The summed E-state index contributed by atoms with van der Waals surface area (Å²) < 4.78 is 37.7. The monoisotopic (exact) mass is 432 g/mol. The van der Waals surface area contributed by atoms with Gasteiger partial charge in [0, 0.05) is 23.3 Å². The lowest BCUT2D eigenvalue weighted by molar-refractivity contribution is -0.137. The second-order valence-electron chi connectivity index (χ2n) is 5.17. The number of amides is 1. The van der Waals surface area contributed by atoms with E-state index in [4.69, 9.17) is 23.2 Å². The number of aromatic nitrogens is 2.